The number of rotatable bonds is 4. The van der Waals surface area contributed by atoms with Crippen LogP contribution < -0.4 is 11.3 Å². The quantitative estimate of drug-likeness (QED) is 0.384. The second-order valence-corrected chi connectivity index (χ2v) is 4.21. The standard InChI is InChI=1S/C10H21N3O2/c1-8(10(14)12-11)13(2)6-9-4-3-5-15-7-9/h8-9H,3-7,11H2,1-2H3,(H,12,14). The van der Waals surface area contributed by atoms with Crippen LogP contribution in [-0.4, -0.2) is 43.7 Å². The molecule has 1 aliphatic heterocycles. The lowest BCUT2D eigenvalue weighted by Crippen LogP contribution is -2.47. The number of nitrogens with one attached hydrogen (secondary N) is 1. The third-order valence-electron chi connectivity index (χ3n) is 2.98. The number of carbonyl (C=O) groups is 1. The number of nitrogens with zero attached hydrogens (tertiary/aromatic N) is 1. The van der Waals surface area contributed by atoms with Gasteiger partial charge >= 0.3 is 0 Å². The van der Waals surface area contributed by atoms with Crippen molar-refractivity contribution in [2.45, 2.75) is 25.8 Å². The fourth-order valence-corrected chi connectivity index (χ4v) is 1.84. The normalized spacial score (nSPS) is 23.9. The van der Waals surface area contributed by atoms with Gasteiger partial charge in [0.25, 0.3) is 5.91 Å². The van der Waals surface area contributed by atoms with Gasteiger partial charge in [-0.25, -0.2) is 5.84 Å². The predicted molar refractivity (Wildman–Crippen MR) is 58.0 cm³/mol. The first kappa shape index (κ1) is 12.4. The lowest BCUT2D eigenvalue weighted by molar-refractivity contribution is -0.125. The van der Waals surface area contributed by atoms with Gasteiger partial charge in [0.15, 0.2) is 0 Å². The fourth-order valence-electron chi connectivity index (χ4n) is 1.84. The summed E-state index contributed by atoms with van der Waals surface area (Å²) < 4.78 is 5.40. The van der Waals surface area contributed by atoms with Crippen LogP contribution in [0.15, 0.2) is 0 Å². The molecule has 0 bridgehead atoms. The van der Waals surface area contributed by atoms with Crippen LogP contribution in [0.3, 0.4) is 0 Å². The molecule has 0 saturated carbocycles. The Morgan fingerprint density at radius 2 is 2.47 bits per heavy atom. The Morgan fingerprint density at radius 1 is 1.73 bits per heavy atom. The van der Waals surface area contributed by atoms with Crippen molar-refractivity contribution in [1.82, 2.24) is 10.3 Å². The van der Waals surface area contributed by atoms with E-state index in [-0.39, 0.29) is 11.9 Å². The van der Waals surface area contributed by atoms with E-state index in [2.05, 4.69) is 5.43 Å². The zero-order valence-electron chi connectivity index (χ0n) is 9.53. The molecule has 0 spiro atoms. The average molecular weight is 215 g/mol. The average Bonchev–Trinajstić information content (AvgIpc) is 2.28. The summed E-state index contributed by atoms with van der Waals surface area (Å²) in [5, 5.41) is 0. The Hall–Kier alpha value is -0.650. The summed E-state index contributed by atoms with van der Waals surface area (Å²) >= 11 is 0. The predicted octanol–water partition coefficient (Wildman–Crippen LogP) is -0.277. The number of likely N-dealkylation sites (N-methyl/N-ethyl adjacent to an activating group) is 1. The highest BCUT2D eigenvalue weighted by Crippen LogP contribution is 2.15. The van der Waals surface area contributed by atoms with Gasteiger partial charge in [-0.05, 0) is 32.7 Å². The van der Waals surface area contributed by atoms with Crippen LogP contribution in [0.1, 0.15) is 19.8 Å². The number of amides is 1. The molecule has 1 rings (SSSR count). The number of ether oxygens (including phenoxy) is 1. The van der Waals surface area contributed by atoms with Crippen molar-refractivity contribution in [3.05, 3.63) is 0 Å². The van der Waals surface area contributed by atoms with E-state index >= 15 is 0 Å². The highest BCUT2D eigenvalue weighted by Gasteiger charge is 2.21. The first-order valence-corrected chi connectivity index (χ1v) is 5.43. The van der Waals surface area contributed by atoms with Crippen molar-refractivity contribution < 1.29 is 9.53 Å². The largest absolute Gasteiger partial charge is 0.381 e. The van der Waals surface area contributed by atoms with Gasteiger partial charge in [0.05, 0.1) is 12.6 Å². The van der Waals surface area contributed by atoms with Crippen LogP contribution in [0, 0.1) is 5.92 Å². The number of hydrogen-bond acceptors (Lipinski definition) is 4. The maximum atomic E-state index is 11.3. The van der Waals surface area contributed by atoms with Crippen LogP contribution in [0.25, 0.3) is 0 Å². The zero-order chi connectivity index (χ0) is 11.3. The molecule has 88 valence electrons. The van der Waals surface area contributed by atoms with Crippen molar-refractivity contribution in [2.24, 2.45) is 11.8 Å². The molecule has 2 unspecified atom stereocenters. The highest BCUT2D eigenvalue weighted by molar-refractivity contribution is 5.80. The van der Waals surface area contributed by atoms with E-state index in [0.717, 1.165) is 26.2 Å². The van der Waals surface area contributed by atoms with E-state index in [1.165, 1.54) is 6.42 Å². The van der Waals surface area contributed by atoms with Gasteiger partial charge in [0, 0.05) is 13.2 Å². The molecule has 2 atom stereocenters. The minimum atomic E-state index is -0.183. The molecular formula is C10H21N3O2. The first-order chi connectivity index (χ1) is 7.15. The summed E-state index contributed by atoms with van der Waals surface area (Å²) in [5.41, 5.74) is 2.17. The summed E-state index contributed by atoms with van der Waals surface area (Å²) in [7, 11) is 1.94. The Bertz CT molecular complexity index is 205. The van der Waals surface area contributed by atoms with Crippen LogP contribution in [-0.2, 0) is 9.53 Å². The minimum Gasteiger partial charge on any atom is -0.381 e. The van der Waals surface area contributed by atoms with E-state index < -0.39 is 0 Å². The molecule has 0 aromatic rings. The monoisotopic (exact) mass is 215 g/mol. The minimum absolute atomic E-state index is 0.144. The van der Waals surface area contributed by atoms with Crippen LogP contribution in [0.4, 0.5) is 0 Å². The first-order valence-electron chi connectivity index (χ1n) is 5.43. The summed E-state index contributed by atoms with van der Waals surface area (Å²) in [4.78, 5) is 13.3. The van der Waals surface area contributed by atoms with Gasteiger partial charge in [-0.2, -0.15) is 0 Å². The molecule has 1 amide bonds. The van der Waals surface area contributed by atoms with Crippen LogP contribution in [0.2, 0.25) is 0 Å². The second kappa shape index (κ2) is 6.05. The van der Waals surface area contributed by atoms with E-state index in [0.29, 0.717) is 5.92 Å². The maximum absolute atomic E-state index is 11.3. The summed E-state index contributed by atoms with van der Waals surface area (Å²) in [6, 6.07) is -0.183. The Kier molecular flexibility index (Phi) is 5.01. The highest BCUT2D eigenvalue weighted by atomic mass is 16.5. The molecule has 5 nitrogen and oxygen atoms in total. The molecule has 0 aliphatic carbocycles. The molecule has 0 aromatic heterocycles. The van der Waals surface area contributed by atoms with E-state index in [1.54, 1.807) is 0 Å². The Balaban J connectivity index is 2.32. The van der Waals surface area contributed by atoms with E-state index in [9.17, 15) is 4.79 Å². The molecule has 3 N–H and O–H groups in total. The maximum Gasteiger partial charge on any atom is 0.250 e. The summed E-state index contributed by atoms with van der Waals surface area (Å²) in [5.74, 6) is 5.49. The molecule has 1 saturated heterocycles. The molecule has 15 heavy (non-hydrogen) atoms. The van der Waals surface area contributed by atoms with Gasteiger partial charge in [-0.15, -0.1) is 0 Å². The van der Waals surface area contributed by atoms with Crippen molar-refractivity contribution in [3.8, 4) is 0 Å². The van der Waals surface area contributed by atoms with Gasteiger partial charge in [0.2, 0.25) is 0 Å². The molecule has 1 heterocycles. The van der Waals surface area contributed by atoms with Gasteiger partial charge in [0.1, 0.15) is 0 Å². The Labute approximate surface area is 90.9 Å². The number of nitrogens with two attached hydrogens (primary N) is 1. The molecule has 1 fully saturated rings. The molecule has 0 radical (unpaired) electrons. The smallest absolute Gasteiger partial charge is 0.250 e. The molecular weight excluding hydrogens is 194 g/mol. The third kappa shape index (κ3) is 3.77. The van der Waals surface area contributed by atoms with Crippen molar-refractivity contribution in [2.75, 3.05) is 26.8 Å². The van der Waals surface area contributed by atoms with Gasteiger partial charge in [-0.3, -0.25) is 15.1 Å². The topological polar surface area (TPSA) is 67.6 Å². The molecule has 0 aromatic carbocycles. The van der Waals surface area contributed by atoms with Crippen molar-refractivity contribution in [1.29, 1.82) is 0 Å². The summed E-state index contributed by atoms with van der Waals surface area (Å²) in [6.45, 7) is 4.42. The Morgan fingerprint density at radius 3 is 3.00 bits per heavy atom. The molecule has 1 aliphatic rings. The van der Waals surface area contributed by atoms with Crippen molar-refractivity contribution >= 4 is 5.91 Å². The lowest BCUT2D eigenvalue weighted by Gasteiger charge is -2.29. The SMILES string of the molecule is CC(C(=O)NN)N(C)CC1CCCOC1. The van der Waals surface area contributed by atoms with Crippen molar-refractivity contribution in [3.63, 3.8) is 0 Å². The van der Waals surface area contributed by atoms with E-state index in [4.69, 9.17) is 10.6 Å². The van der Waals surface area contributed by atoms with Crippen LogP contribution in [0.5, 0.6) is 0 Å². The summed E-state index contributed by atoms with van der Waals surface area (Å²) in [6.07, 6.45) is 2.30. The van der Waals surface area contributed by atoms with Gasteiger partial charge in [-0.1, -0.05) is 0 Å². The third-order valence-corrected chi connectivity index (χ3v) is 2.98. The van der Waals surface area contributed by atoms with E-state index in [1.807, 2.05) is 18.9 Å². The fraction of sp³-hybridized carbons (Fsp3) is 0.900. The number of hydrogen-bond donors (Lipinski definition) is 2. The number of hydrazine groups is 1. The molecule has 5 heteroatoms. The van der Waals surface area contributed by atoms with Gasteiger partial charge < -0.3 is 4.74 Å². The zero-order valence-corrected chi connectivity index (χ0v) is 9.53. The number of carbonyl (C=O) groups excluding carboxylic acids is 1. The van der Waals surface area contributed by atoms with Crippen LogP contribution >= 0.6 is 0 Å². The lowest BCUT2D eigenvalue weighted by atomic mass is 10.0. The second-order valence-electron chi connectivity index (χ2n) is 4.21.